The van der Waals surface area contributed by atoms with Crippen molar-refractivity contribution in [2.24, 2.45) is 11.8 Å². The molecule has 0 aromatic carbocycles. The molecule has 0 unspecified atom stereocenters. The van der Waals surface area contributed by atoms with Gasteiger partial charge >= 0.3 is 5.97 Å². The monoisotopic (exact) mass is 267 g/mol. The Hall–Kier alpha value is -1.78. The maximum atomic E-state index is 11.9. The number of carbonyl (C=O) groups is 2. The van der Waals surface area contributed by atoms with E-state index in [1.165, 1.54) is 6.26 Å². The summed E-state index contributed by atoms with van der Waals surface area (Å²) in [5, 5.41) is 11.6. The molecule has 0 radical (unpaired) electrons. The van der Waals surface area contributed by atoms with Gasteiger partial charge in [0, 0.05) is 18.5 Å². The lowest BCUT2D eigenvalue weighted by molar-refractivity contribution is -0.138. The van der Waals surface area contributed by atoms with E-state index in [2.05, 4.69) is 5.32 Å². The van der Waals surface area contributed by atoms with Crippen LogP contribution in [-0.4, -0.2) is 23.5 Å². The van der Waals surface area contributed by atoms with Gasteiger partial charge in [0.15, 0.2) is 5.76 Å². The van der Waals surface area contributed by atoms with Crippen molar-refractivity contribution in [2.45, 2.75) is 33.6 Å². The highest BCUT2D eigenvalue weighted by atomic mass is 16.4. The number of hydrogen-bond donors (Lipinski definition) is 2. The summed E-state index contributed by atoms with van der Waals surface area (Å²) in [4.78, 5) is 22.6. The lowest BCUT2D eigenvalue weighted by Crippen LogP contribution is -2.31. The first kappa shape index (κ1) is 15.3. The maximum absolute atomic E-state index is 11.9. The molecule has 5 heteroatoms. The summed E-state index contributed by atoms with van der Waals surface area (Å²) in [6.45, 7) is 6.21. The van der Waals surface area contributed by atoms with Gasteiger partial charge in [-0.1, -0.05) is 13.8 Å². The van der Waals surface area contributed by atoms with Crippen LogP contribution < -0.4 is 5.32 Å². The molecule has 0 bridgehead atoms. The Bertz CT molecular complexity index is 436. The van der Waals surface area contributed by atoms with Crippen molar-refractivity contribution in [1.29, 1.82) is 0 Å². The molecule has 5 nitrogen and oxygen atoms in total. The van der Waals surface area contributed by atoms with Crippen LogP contribution in [0.3, 0.4) is 0 Å². The molecular weight excluding hydrogens is 246 g/mol. The highest BCUT2D eigenvalue weighted by molar-refractivity contribution is 5.92. The van der Waals surface area contributed by atoms with Crippen molar-refractivity contribution in [3.05, 3.63) is 23.7 Å². The van der Waals surface area contributed by atoms with Crippen molar-refractivity contribution in [1.82, 2.24) is 5.32 Å². The topological polar surface area (TPSA) is 79.5 Å². The number of rotatable bonds is 7. The van der Waals surface area contributed by atoms with Gasteiger partial charge in [0.1, 0.15) is 0 Å². The minimum atomic E-state index is -0.839. The third kappa shape index (κ3) is 5.16. The predicted octanol–water partition coefficient (Wildman–Crippen LogP) is 2.45. The molecule has 0 aliphatic rings. The molecular formula is C14H21NO4. The molecule has 0 fully saturated rings. The third-order valence-corrected chi connectivity index (χ3v) is 2.89. The van der Waals surface area contributed by atoms with Gasteiger partial charge in [-0.25, -0.2) is 0 Å². The first-order valence-electron chi connectivity index (χ1n) is 6.44. The van der Waals surface area contributed by atoms with E-state index in [1.807, 2.05) is 13.8 Å². The number of carboxylic acids is 1. The number of aryl methyl sites for hydroxylation is 1. The van der Waals surface area contributed by atoms with Crippen molar-refractivity contribution >= 4 is 11.9 Å². The van der Waals surface area contributed by atoms with Crippen LogP contribution in [0.15, 0.2) is 16.7 Å². The molecule has 0 aliphatic heterocycles. The van der Waals surface area contributed by atoms with Crippen LogP contribution in [0.25, 0.3) is 0 Å². The van der Waals surface area contributed by atoms with E-state index in [9.17, 15) is 9.59 Å². The van der Waals surface area contributed by atoms with Gasteiger partial charge in [0.05, 0.1) is 6.26 Å². The molecule has 2 N–H and O–H groups in total. The van der Waals surface area contributed by atoms with Crippen LogP contribution in [0.5, 0.6) is 0 Å². The molecule has 0 saturated carbocycles. The summed E-state index contributed by atoms with van der Waals surface area (Å²) in [5.41, 5.74) is 0.774. The molecule has 1 aromatic rings. The van der Waals surface area contributed by atoms with Gasteiger partial charge in [0.2, 0.25) is 0 Å². The average Bonchev–Trinajstić information content (AvgIpc) is 2.70. The van der Waals surface area contributed by atoms with E-state index in [0.29, 0.717) is 18.2 Å². The highest BCUT2D eigenvalue weighted by Crippen LogP contribution is 2.15. The van der Waals surface area contributed by atoms with Gasteiger partial charge in [-0.3, -0.25) is 9.59 Å². The van der Waals surface area contributed by atoms with E-state index in [4.69, 9.17) is 9.52 Å². The van der Waals surface area contributed by atoms with Crippen LogP contribution in [0, 0.1) is 18.8 Å². The zero-order valence-corrected chi connectivity index (χ0v) is 11.6. The number of carboxylic acid groups (broad SMARTS) is 1. The molecule has 0 spiro atoms. The standard InChI is InChI=1S/C14H21NO4/c1-9(2)6-11(7-12(16)17)8-15-14(18)13-10(3)4-5-19-13/h4-5,9,11H,6-8H2,1-3H3,(H,15,18)(H,16,17)/t11-/m0/s1. The van der Waals surface area contributed by atoms with Gasteiger partial charge in [-0.05, 0) is 31.2 Å². The number of nitrogens with one attached hydrogen (secondary N) is 1. The quantitative estimate of drug-likeness (QED) is 0.795. The van der Waals surface area contributed by atoms with E-state index in [-0.39, 0.29) is 18.2 Å². The average molecular weight is 267 g/mol. The van der Waals surface area contributed by atoms with Crippen molar-refractivity contribution in [3.63, 3.8) is 0 Å². The number of aliphatic carboxylic acids is 1. The summed E-state index contributed by atoms with van der Waals surface area (Å²) >= 11 is 0. The first-order valence-corrected chi connectivity index (χ1v) is 6.44. The minimum absolute atomic E-state index is 0.0586. The smallest absolute Gasteiger partial charge is 0.303 e. The fourth-order valence-corrected chi connectivity index (χ4v) is 2.08. The van der Waals surface area contributed by atoms with Crippen LogP contribution in [0.1, 0.15) is 42.8 Å². The molecule has 1 atom stereocenters. The Labute approximate surface area is 113 Å². The molecule has 1 amide bonds. The number of carbonyl (C=O) groups excluding carboxylic acids is 1. The van der Waals surface area contributed by atoms with Crippen LogP contribution in [0.4, 0.5) is 0 Å². The second-order valence-corrected chi connectivity index (χ2v) is 5.24. The lowest BCUT2D eigenvalue weighted by Gasteiger charge is -2.17. The molecule has 0 aliphatic carbocycles. The third-order valence-electron chi connectivity index (χ3n) is 2.89. The van der Waals surface area contributed by atoms with Gasteiger partial charge in [-0.2, -0.15) is 0 Å². The Morgan fingerprint density at radius 1 is 1.42 bits per heavy atom. The first-order chi connectivity index (χ1) is 8.90. The van der Waals surface area contributed by atoms with Crippen molar-refractivity contribution in [2.75, 3.05) is 6.54 Å². The zero-order chi connectivity index (χ0) is 14.4. The number of amides is 1. The number of hydrogen-bond acceptors (Lipinski definition) is 3. The molecule has 19 heavy (non-hydrogen) atoms. The van der Waals surface area contributed by atoms with Crippen molar-refractivity contribution in [3.8, 4) is 0 Å². The minimum Gasteiger partial charge on any atom is -0.481 e. The fourth-order valence-electron chi connectivity index (χ4n) is 2.08. The van der Waals surface area contributed by atoms with E-state index < -0.39 is 5.97 Å². The van der Waals surface area contributed by atoms with Gasteiger partial charge < -0.3 is 14.8 Å². The molecule has 0 saturated heterocycles. The summed E-state index contributed by atoms with van der Waals surface area (Å²) in [6, 6.07) is 1.72. The largest absolute Gasteiger partial charge is 0.481 e. The Morgan fingerprint density at radius 2 is 2.11 bits per heavy atom. The van der Waals surface area contributed by atoms with E-state index in [1.54, 1.807) is 13.0 Å². The second kappa shape index (κ2) is 6.97. The van der Waals surface area contributed by atoms with E-state index >= 15 is 0 Å². The lowest BCUT2D eigenvalue weighted by atomic mass is 9.94. The molecule has 1 rings (SSSR count). The second-order valence-electron chi connectivity index (χ2n) is 5.24. The summed E-state index contributed by atoms with van der Waals surface area (Å²) in [5.74, 6) is -0.502. The zero-order valence-electron chi connectivity index (χ0n) is 11.6. The van der Waals surface area contributed by atoms with Crippen LogP contribution >= 0.6 is 0 Å². The Morgan fingerprint density at radius 3 is 2.58 bits per heavy atom. The van der Waals surface area contributed by atoms with Crippen LogP contribution in [-0.2, 0) is 4.79 Å². The van der Waals surface area contributed by atoms with Gasteiger partial charge in [-0.15, -0.1) is 0 Å². The predicted molar refractivity (Wildman–Crippen MR) is 71.0 cm³/mol. The normalized spacial score (nSPS) is 12.4. The number of furan rings is 1. The Kier molecular flexibility index (Phi) is 5.60. The molecule has 1 heterocycles. The highest BCUT2D eigenvalue weighted by Gasteiger charge is 2.18. The van der Waals surface area contributed by atoms with Gasteiger partial charge in [0.25, 0.3) is 5.91 Å². The van der Waals surface area contributed by atoms with Crippen molar-refractivity contribution < 1.29 is 19.1 Å². The molecule has 1 aromatic heterocycles. The fraction of sp³-hybridized carbons (Fsp3) is 0.571. The SMILES string of the molecule is Cc1ccoc1C(=O)NC[C@H](CC(=O)O)CC(C)C. The summed E-state index contributed by atoms with van der Waals surface area (Å²) < 4.78 is 5.09. The summed E-state index contributed by atoms with van der Waals surface area (Å²) in [6.07, 6.45) is 2.30. The maximum Gasteiger partial charge on any atom is 0.303 e. The summed E-state index contributed by atoms with van der Waals surface area (Å²) in [7, 11) is 0. The van der Waals surface area contributed by atoms with Crippen LogP contribution in [0.2, 0.25) is 0 Å². The van der Waals surface area contributed by atoms with E-state index in [0.717, 1.165) is 12.0 Å². The Balaban J connectivity index is 2.53. The molecule has 106 valence electrons.